The van der Waals surface area contributed by atoms with E-state index in [1.807, 2.05) is 0 Å². The molecule has 4 nitrogen and oxygen atoms in total. The van der Waals surface area contributed by atoms with Crippen LogP contribution < -0.4 is 16.4 Å². The first-order chi connectivity index (χ1) is 6.81. The molecule has 0 aliphatic heterocycles. The van der Waals surface area contributed by atoms with Crippen LogP contribution in [0.2, 0.25) is 0 Å². The van der Waals surface area contributed by atoms with Crippen molar-refractivity contribution in [2.24, 2.45) is 5.73 Å². The summed E-state index contributed by atoms with van der Waals surface area (Å²) in [5, 5.41) is 5.92. The van der Waals surface area contributed by atoms with Crippen LogP contribution in [0.25, 0.3) is 0 Å². The van der Waals surface area contributed by atoms with Gasteiger partial charge < -0.3 is 11.1 Å². The van der Waals surface area contributed by atoms with Gasteiger partial charge in [0, 0.05) is 6.67 Å². The molecule has 0 saturated heterocycles. The highest BCUT2D eigenvalue weighted by molar-refractivity contribution is 5.82. The zero-order chi connectivity index (χ0) is 10.6. The number of ketones is 1. The Morgan fingerprint density at radius 3 is 2.50 bits per heavy atom. The van der Waals surface area contributed by atoms with Crippen LogP contribution in [0, 0.1) is 0 Å². The topological polar surface area (TPSA) is 67.2 Å². The van der Waals surface area contributed by atoms with E-state index in [4.69, 9.17) is 5.73 Å². The van der Waals surface area contributed by atoms with Crippen molar-refractivity contribution < 1.29 is 4.79 Å². The molecule has 0 amide bonds. The molecule has 0 aromatic carbocycles. The largest absolute Gasteiger partial charge is 0.318 e. The number of nitrogens with two attached hydrogens (primary N) is 1. The molecule has 0 fully saturated rings. The van der Waals surface area contributed by atoms with E-state index in [0.717, 1.165) is 13.0 Å². The van der Waals surface area contributed by atoms with Crippen molar-refractivity contribution in [2.45, 2.75) is 32.6 Å². The fourth-order valence-corrected chi connectivity index (χ4v) is 1.18. The van der Waals surface area contributed by atoms with Crippen LogP contribution in [0.5, 0.6) is 0 Å². The van der Waals surface area contributed by atoms with Gasteiger partial charge in [-0.3, -0.25) is 10.1 Å². The number of unbranched alkanes of at least 4 members (excludes halogenated alkanes) is 3. The predicted octanol–water partition coefficient (Wildman–Crippen LogP) is 0.231. The SMILES string of the molecule is CCCCCCNCC(=O)CNCN. The second-order valence-electron chi connectivity index (χ2n) is 3.41. The van der Waals surface area contributed by atoms with E-state index >= 15 is 0 Å². The summed E-state index contributed by atoms with van der Waals surface area (Å²) in [5.41, 5.74) is 5.20. The predicted molar refractivity (Wildman–Crippen MR) is 59.1 cm³/mol. The first-order valence-electron chi connectivity index (χ1n) is 5.44. The third-order valence-corrected chi connectivity index (χ3v) is 2.00. The normalized spacial score (nSPS) is 10.4. The van der Waals surface area contributed by atoms with Crippen molar-refractivity contribution in [3.8, 4) is 0 Å². The van der Waals surface area contributed by atoms with E-state index < -0.39 is 0 Å². The van der Waals surface area contributed by atoms with Crippen molar-refractivity contribution in [1.82, 2.24) is 10.6 Å². The molecule has 0 spiro atoms. The van der Waals surface area contributed by atoms with Crippen molar-refractivity contribution in [2.75, 3.05) is 26.3 Å². The standard InChI is InChI=1S/C10H23N3O/c1-2-3-4-5-6-12-7-10(14)8-13-9-11/h12-13H,2-9,11H2,1H3. The van der Waals surface area contributed by atoms with Crippen LogP contribution in [0.15, 0.2) is 0 Å². The van der Waals surface area contributed by atoms with Crippen LogP contribution in [0.1, 0.15) is 32.6 Å². The first-order valence-corrected chi connectivity index (χ1v) is 5.44. The zero-order valence-electron chi connectivity index (χ0n) is 9.14. The average Bonchev–Trinajstić information content (AvgIpc) is 2.20. The van der Waals surface area contributed by atoms with E-state index in [2.05, 4.69) is 17.6 Å². The number of hydrogen-bond acceptors (Lipinski definition) is 4. The molecule has 0 aliphatic rings. The minimum absolute atomic E-state index is 0.172. The molecule has 4 N–H and O–H groups in total. The van der Waals surface area contributed by atoms with Crippen LogP contribution in [-0.4, -0.2) is 32.1 Å². The lowest BCUT2D eigenvalue weighted by atomic mass is 10.2. The van der Waals surface area contributed by atoms with Crippen LogP contribution in [0.4, 0.5) is 0 Å². The van der Waals surface area contributed by atoms with Gasteiger partial charge in [-0.05, 0) is 13.0 Å². The maximum Gasteiger partial charge on any atom is 0.160 e. The molecule has 0 atom stereocenters. The quantitative estimate of drug-likeness (QED) is 0.350. The van der Waals surface area contributed by atoms with E-state index in [9.17, 15) is 4.79 Å². The van der Waals surface area contributed by atoms with Gasteiger partial charge in [0.1, 0.15) is 0 Å². The summed E-state index contributed by atoms with van der Waals surface area (Å²) in [4.78, 5) is 11.1. The molecular formula is C10H23N3O. The highest BCUT2D eigenvalue weighted by Crippen LogP contribution is 1.96. The third-order valence-electron chi connectivity index (χ3n) is 2.00. The molecule has 0 bridgehead atoms. The van der Waals surface area contributed by atoms with Gasteiger partial charge in [0.2, 0.25) is 0 Å². The van der Waals surface area contributed by atoms with Gasteiger partial charge in [0.15, 0.2) is 5.78 Å². The van der Waals surface area contributed by atoms with Crippen LogP contribution in [0.3, 0.4) is 0 Å². The van der Waals surface area contributed by atoms with E-state index in [-0.39, 0.29) is 5.78 Å². The molecule has 0 unspecified atom stereocenters. The van der Waals surface area contributed by atoms with Gasteiger partial charge in [-0.1, -0.05) is 26.2 Å². The Bertz CT molecular complexity index is 139. The second kappa shape index (κ2) is 10.6. The zero-order valence-corrected chi connectivity index (χ0v) is 9.14. The maximum absolute atomic E-state index is 11.1. The van der Waals surface area contributed by atoms with Crippen molar-refractivity contribution in [1.29, 1.82) is 0 Å². The molecule has 0 saturated carbocycles. The van der Waals surface area contributed by atoms with Gasteiger partial charge in [-0.2, -0.15) is 0 Å². The van der Waals surface area contributed by atoms with Gasteiger partial charge in [-0.15, -0.1) is 0 Å². The average molecular weight is 201 g/mol. The van der Waals surface area contributed by atoms with Crippen LogP contribution in [-0.2, 0) is 4.79 Å². The van der Waals surface area contributed by atoms with Crippen LogP contribution >= 0.6 is 0 Å². The Morgan fingerprint density at radius 1 is 1.14 bits per heavy atom. The number of rotatable bonds is 10. The molecule has 0 rings (SSSR count). The Hall–Kier alpha value is -0.450. The monoisotopic (exact) mass is 201 g/mol. The number of hydrogen-bond donors (Lipinski definition) is 3. The van der Waals surface area contributed by atoms with Gasteiger partial charge in [-0.25, -0.2) is 0 Å². The Balaban J connectivity index is 3.07. The van der Waals surface area contributed by atoms with Crippen molar-refractivity contribution in [3.05, 3.63) is 0 Å². The Morgan fingerprint density at radius 2 is 1.86 bits per heavy atom. The third kappa shape index (κ3) is 9.64. The molecule has 0 aromatic rings. The minimum atomic E-state index is 0.172. The summed E-state index contributed by atoms with van der Waals surface area (Å²) in [6.07, 6.45) is 4.94. The fraction of sp³-hybridized carbons (Fsp3) is 0.900. The minimum Gasteiger partial charge on any atom is -0.318 e. The summed E-state index contributed by atoms with van der Waals surface area (Å²) in [5.74, 6) is 0.172. The maximum atomic E-state index is 11.1. The van der Waals surface area contributed by atoms with Gasteiger partial charge in [0.25, 0.3) is 0 Å². The van der Waals surface area contributed by atoms with E-state index in [0.29, 0.717) is 19.8 Å². The molecule has 0 heterocycles. The second-order valence-corrected chi connectivity index (χ2v) is 3.41. The highest BCUT2D eigenvalue weighted by atomic mass is 16.1. The smallest absolute Gasteiger partial charge is 0.160 e. The Labute approximate surface area is 86.6 Å². The lowest BCUT2D eigenvalue weighted by Crippen LogP contribution is -2.34. The summed E-state index contributed by atoms with van der Waals surface area (Å²) in [6, 6.07) is 0. The summed E-state index contributed by atoms with van der Waals surface area (Å²) in [6.45, 7) is 4.32. The van der Waals surface area contributed by atoms with Crippen molar-refractivity contribution in [3.63, 3.8) is 0 Å². The fourth-order valence-electron chi connectivity index (χ4n) is 1.18. The highest BCUT2D eigenvalue weighted by Gasteiger charge is 1.98. The van der Waals surface area contributed by atoms with E-state index in [1.165, 1.54) is 19.3 Å². The first kappa shape index (κ1) is 13.5. The molecule has 14 heavy (non-hydrogen) atoms. The number of carbonyl (C=O) groups is 1. The Kier molecular flexibility index (Phi) is 10.3. The molecular weight excluding hydrogens is 178 g/mol. The molecule has 0 aliphatic carbocycles. The lowest BCUT2D eigenvalue weighted by Gasteiger charge is -2.04. The number of Topliss-reactive ketones (excluding diaryl/α,β-unsaturated/α-hetero) is 1. The van der Waals surface area contributed by atoms with Gasteiger partial charge >= 0.3 is 0 Å². The molecule has 84 valence electrons. The molecule has 4 heteroatoms. The van der Waals surface area contributed by atoms with E-state index in [1.54, 1.807) is 0 Å². The lowest BCUT2D eigenvalue weighted by molar-refractivity contribution is -0.117. The van der Waals surface area contributed by atoms with Crippen molar-refractivity contribution >= 4 is 5.78 Å². The molecule has 0 aromatic heterocycles. The number of nitrogens with one attached hydrogen (secondary N) is 2. The molecule has 0 radical (unpaired) electrons. The number of carbonyl (C=O) groups excluding carboxylic acids is 1. The summed E-state index contributed by atoms with van der Waals surface area (Å²) >= 11 is 0. The summed E-state index contributed by atoms with van der Waals surface area (Å²) < 4.78 is 0. The summed E-state index contributed by atoms with van der Waals surface area (Å²) in [7, 11) is 0. The van der Waals surface area contributed by atoms with Gasteiger partial charge in [0.05, 0.1) is 13.1 Å².